The van der Waals surface area contributed by atoms with Crippen molar-refractivity contribution in [2.75, 3.05) is 0 Å². The summed E-state index contributed by atoms with van der Waals surface area (Å²) >= 11 is 0. The van der Waals surface area contributed by atoms with E-state index in [2.05, 4.69) is 15.1 Å². The van der Waals surface area contributed by atoms with E-state index in [1.54, 1.807) is 12.3 Å². The van der Waals surface area contributed by atoms with Crippen LogP contribution in [0.4, 0.5) is 22.0 Å². The molecule has 4 heterocycles. The number of aromatic nitrogens is 5. The van der Waals surface area contributed by atoms with E-state index in [4.69, 9.17) is 0 Å². The summed E-state index contributed by atoms with van der Waals surface area (Å²) in [6, 6.07) is 4.32. The zero-order chi connectivity index (χ0) is 22.5. The molecule has 0 unspecified atom stereocenters. The number of halogens is 5. The first-order chi connectivity index (χ1) is 15.2. The van der Waals surface area contributed by atoms with Gasteiger partial charge in [-0.05, 0) is 31.0 Å². The Hall–Kier alpha value is -3.30. The second-order valence-corrected chi connectivity index (χ2v) is 8.14. The smallest absolute Gasteiger partial charge is 0.306 e. The van der Waals surface area contributed by atoms with Gasteiger partial charge in [0.05, 0.1) is 24.6 Å². The van der Waals surface area contributed by atoms with Crippen molar-refractivity contribution in [1.29, 1.82) is 0 Å². The molecule has 4 aromatic heterocycles. The third kappa shape index (κ3) is 3.85. The van der Waals surface area contributed by atoms with Crippen LogP contribution >= 0.6 is 0 Å². The highest BCUT2D eigenvalue weighted by atomic mass is 19.4. The van der Waals surface area contributed by atoms with Gasteiger partial charge in [-0.3, -0.25) is 9.67 Å². The van der Waals surface area contributed by atoms with E-state index >= 15 is 0 Å². The standard InChI is InChI=1S/C22H18F5N5/c23-16-8-17(15-9-29-32(11-15)13-21(24)4-1-2-5-21)20(28-10-16)14-3-6-31-12-18(22(25,26)27)30-19(31)7-14/h3,6-12H,1-2,4-5,13H2. The number of alkyl halides is 4. The van der Waals surface area contributed by atoms with Gasteiger partial charge in [0, 0.05) is 35.3 Å². The summed E-state index contributed by atoms with van der Waals surface area (Å²) in [4.78, 5) is 7.81. The van der Waals surface area contributed by atoms with Crippen LogP contribution in [0.5, 0.6) is 0 Å². The third-order valence-electron chi connectivity index (χ3n) is 5.77. The Kier molecular flexibility index (Phi) is 4.75. The van der Waals surface area contributed by atoms with E-state index < -0.39 is 23.4 Å². The Bertz CT molecular complexity index is 1280. The third-order valence-corrected chi connectivity index (χ3v) is 5.77. The zero-order valence-electron chi connectivity index (χ0n) is 16.8. The lowest BCUT2D eigenvalue weighted by Gasteiger charge is -2.18. The molecule has 166 valence electrons. The van der Waals surface area contributed by atoms with Crippen LogP contribution in [0.15, 0.2) is 49.2 Å². The zero-order valence-corrected chi connectivity index (χ0v) is 16.8. The van der Waals surface area contributed by atoms with Crippen LogP contribution in [0.25, 0.3) is 28.0 Å². The van der Waals surface area contributed by atoms with Crippen LogP contribution in [0, 0.1) is 5.82 Å². The molecule has 0 aliphatic heterocycles. The maximum atomic E-state index is 14.8. The Labute approximate surface area is 179 Å². The molecule has 1 fully saturated rings. The first-order valence-electron chi connectivity index (χ1n) is 10.1. The minimum atomic E-state index is -4.56. The van der Waals surface area contributed by atoms with E-state index in [1.807, 2.05) is 0 Å². The molecule has 1 aliphatic carbocycles. The van der Waals surface area contributed by atoms with Crippen LogP contribution in [-0.2, 0) is 12.7 Å². The normalized spacial score (nSPS) is 16.2. The molecule has 5 nitrogen and oxygen atoms in total. The molecule has 0 saturated heterocycles. The second-order valence-electron chi connectivity index (χ2n) is 8.14. The maximum absolute atomic E-state index is 14.8. The summed E-state index contributed by atoms with van der Waals surface area (Å²) in [7, 11) is 0. The molecule has 0 N–H and O–H groups in total. The van der Waals surface area contributed by atoms with Gasteiger partial charge in [-0.1, -0.05) is 12.8 Å². The van der Waals surface area contributed by atoms with Gasteiger partial charge >= 0.3 is 6.18 Å². The van der Waals surface area contributed by atoms with Crippen molar-refractivity contribution in [2.24, 2.45) is 0 Å². The monoisotopic (exact) mass is 447 g/mol. The molecule has 32 heavy (non-hydrogen) atoms. The summed E-state index contributed by atoms with van der Waals surface area (Å²) in [5, 5.41) is 4.23. The van der Waals surface area contributed by atoms with Gasteiger partial charge in [0.2, 0.25) is 0 Å². The van der Waals surface area contributed by atoms with Crippen LogP contribution < -0.4 is 0 Å². The molecule has 1 saturated carbocycles. The fraction of sp³-hybridized carbons (Fsp3) is 0.318. The largest absolute Gasteiger partial charge is 0.434 e. The predicted octanol–water partition coefficient (Wildman–Crippen LogP) is 5.70. The molecular formula is C22H18F5N5. The van der Waals surface area contributed by atoms with Crippen LogP contribution in [-0.4, -0.2) is 29.8 Å². The lowest BCUT2D eigenvalue weighted by molar-refractivity contribution is -0.140. The average molecular weight is 447 g/mol. The molecule has 1 aliphatic rings. The Morgan fingerprint density at radius 1 is 1.03 bits per heavy atom. The fourth-order valence-corrected chi connectivity index (χ4v) is 4.20. The molecule has 0 radical (unpaired) electrons. The summed E-state index contributed by atoms with van der Waals surface area (Å²) in [5.41, 5.74) is -0.444. The minimum absolute atomic E-state index is 0.0863. The lowest BCUT2D eigenvalue weighted by Crippen LogP contribution is -2.25. The van der Waals surface area contributed by atoms with Crippen molar-refractivity contribution in [3.8, 4) is 22.4 Å². The van der Waals surface area contributed by atoms with E-state index in [0.717, 1.165) is 25.2 Å². The molecule has 0 bridgehead atoms. The SMILES string of the molecule is Fc1cnc(-c2ccn3cc(C(F)(F)F)nc3c2)c(-c2cnn(CC3(F)CCCC3)c2)c1. The number of pyridine rings is 2. The molecule has 0 amide bonds. The van der Waals surface area contributed by atoms with Crippen LogP contribution in [0.2, 0.25) is 0 Å². The molecule has 5 rings (SSSR count). The van der Waals surface area contributed by atoms with Gasteiger partial charge < -0.3 is 4.40 Å². The molecule has 0 aromatic carbocycles. The van der Waals surface area contributed by atoms with Gasteiger partial charge in [-0.2, -0.15) is 18.3 Å². The number of imidazole rings is 1. The summed E-state index contributed by atoms with van der Waals surface area (Å²) < 4.78 is 70.6. The van der Waals surface area contributed by atoms with Gasteiger partial charge in [0.1, 0.15) is 17.1 Å². The predicted molar refractivity (Wildman–Crippen MR) is 107 cm³/mol. The number of fused-ring (bicyclic) bond motifs is 1. The summed E-state index contributed by atoms with van der Waals surface area (Å²) in [5.74, 6) is -0.574. The van der Waals surface area contributed by atoms with Crippen molar-refractivity contribution >= 4 is 5.65 Å². The highest BCUT2D eigenvalue weighted by Gasteiger charge is 2.35. The molecule has 0 spiro atoms. The Balaban J connectivity index is 1.53. The Morgan fingerprint density at radius 2 is 1.81 bits per heavy atom. The van der Waals surface area contributed by atoms with Crippen molar-refractivity contribution in [1.82, 2.24) is 24.1 Å². The quantitative estimate of drug-likeness (QED) is 0.377. The first-order valence-corrected chi connectivity index (χ1v) is 10.1. The molecule has 10 heteroatoms. The fourth-order valence-electron chi connectivity index (χ4n) is 4.20. The van der Waals surface area contributed by atoms with Gasteiger partial charge in [0.15, 0.2) is 5.69 Å². The van der Waals surface area contributed by atoms with Crippen molar-refractivity contribution < 1.29 is 22.0 Å². The number of hydrogen-bond donors (Lipinski definition) is 0. The maximum Gasteiger partial charge on any atom is 0.434 e. The number of rotatable bonds is 4. The summed E-state index contributed by atoms with van der Waals surface area (Å²) in [6.07, 6.45) is 4.62. The van der Waals surface area contributed by atoms with Gasteiger partial charge in [0.25, 0.3) is 0 Å². The minimum Gasteiger partial charge on any atom is -0.306 e. The molecule has 0 atom stereocenters. The van der Waals surface area contributed by atoms with Gasteiger partial charge in [-0.25, -0.2) is 13.8 Å². The van der Waals surface area contributed by atoms with Crippen molar-refractivity contribution in [3.63, 3.8) is 0 Å². The van der Waals surface area contributed by atoms with Crippen molar-refractivity contribution in [3.05, 3.63) is 60.7 Å². The molecule has 4 aromatic rings. The highest BCUT2D eigenvalue weighted by molar-refractivity contribution is 5.81. The second kappa shape index (κ2) is 7.39. The van der Waals surface area contributed by atoms with E-state index in [9.17, 15) is 22.0 Å². The molecular weight excluding hydrogens is 429 g/mol. The first kappa shape index (κ1) is 20.6. The lowest BCUT2D eigenvalue weighted by atomic mass is 10.0. The number of nitrogens with zero attached hydrogens (tertiary/aromatic N) is 5. The van der Waals surface area contributed by atoms with Gasteiger partial charge in [-0.15, -0.1) is 0 Å². The highest BCUT2D eigenvalue weighted by Crippen LogP contribution is 2.36. The van der Waals surface area contributed by atoms with Crippen LogP contribution in [0.3, 0.4) is 0 Å². The van der Waals surface area contributed by atoms with E-state index in [1.165, 1.54) is 33.6 Å². The van der Waals surface area contributed by atoms with Crippen LogP contribution in [0.1, 0.15) is 31.4 Å². The number of hydrogen-bond acceptors (Lipinski definition) is 3. The van der Waals surface area contributed by atoms with E-state index in [0.29, 0.717) is 35.2 Å². The van der Waals surface area contributed by atoms with E-state index in [-0.39, 0.29) is 12.2 Å². The summed E-state index contributed by atoms with van der Waals surface area (Å²) in [6.45, 7) is 0.116. The van der Waals surface area contributed by atoms with Crippen molar-refractivity contribution in [2.45, 2.75) is 44.1 Å². The topological polar surface area (TPSA) is 48.0 Å². The average Bonchev–Trinajstić information content (AvgIpc) is 3.47. The Morgan fingerprint density at radius 3 is 2.56 bits per heavy atom.